The zero-order valence-electron chi connectivity index (χ0n) is 8.18. The maximum atomic E-state index is 11.6. The fourth-order valence-electron chi connectivity index (χ4n) is 1.40. The second-order valence-corrected chi connectivity index (χ2v) is 3.56. The van der Waals surface area contributed by atoms with Crippen molar-refractivity contribution in [3.63, 3.8) is 0 Å². The van der Waals surface area contributed by atoms with Crippen LogP contribution in [0.3, 0.4) is 0 Å². The zero-order chi connectivity index (χ0) is 11.9. The van der Waals surface area contributed by atoms with Crippen LogP contribution in [0.5, 0.6) is 0 Å². The van der Waals surface area contributed by atoms with Crippen LogP contribution in [0.4, 0.5) is 5.69 Å². The highest BCUT2D eigenvalue weighted by Gasteiger charge is 2.16. The quantitative estimate of drug-likeness (QED) is 0.249. The highest BCUT2D eigenvalue weighted by Crippen LogP contribution is 2.23. The van der Waals surface area contributed by atoms with Gasteiger partial charge in [0.15, 0.2) is 0 Å². The summed E-state index contributed by atoms with van der Waals surface area (Å²) in [6.07, 6.45) is 0. The fraction of sp³-hybridized carbons (Fsp3) is 0.111. The average Bonchev–Trinajstić information content (AvgIpc) is 2.25. The highest BCUT2D eigenvalue weighted by atomic mass is 35.5. The Hall–Kier alpha value is -1.95. The van der Waals surface area contributed by atoms with Crippen molar-refractivity contribution in [1.82, 2.24) is 4.98 Å². The Balaban J connectivity index is 2.84. The molecule has 0 aliphatic carbocycles. The van der Waals surface area contributed by atoms with Crippen LogP contribution in [0, 0.1) is 22.2 Å². The lowest BCUT2D eigenvalue weighted by Gasteiger charge is -2.07. The number of halogens is 1. The zero-order valence-corrected chi connectivity index (χ0v) is 8.93. The van der Waals surface area contributed by atoms with Crippen molar-refractivity contribution in [2.45, 2.75) is 6.92 Å². The van der Waals surface area contributed by atoms with E-state index in [0.29, 0.717) is 4.73 Å². The van der Waals surface area contributed by atoms with Crippen molar-refractivity contribution in [2.24, 2.45) is 0 Å². The minimum Gasteiger partial charge on any atom is -0.710 e. The molecule has 1 aromatic carbocycles. The molecule has 0 saturated carbocycles. The van der Waals surface area contributed by atoms with Gasteiger partial charge in [-0.25, -0.2) is 4.73 Å². The van der Waals surface area contributed by atoms with Gasteiger partial charge >= 0.3 is 5.82 Å². The van der Waals surface area contributed by atoms with E-state index >= 15 is 0 Å². The van der Waals surface area contributed by atoms with E-state index in [1.165, 1.54) is 25.1 Å². The number of hydrogen-bond acceptors (Lipinski definition) is 4. The van der Waals surface area contributed by atoms with E-state index in [2.05, 4.69) is 4.98 Å². The fourth-order valence-corrected chi connectivity index (χ4v) is 1.68. The Bertz CT molecular complexity index is 600. The van der Waals surface area contributed by atoms with Crippen LogP contribution in [0.1, 0.15) is 5.82 Å². The molecule has 0 N–H and O–H groups in total. The van der Waals surface area contributed by atoms with Crippen LogP contribution < -0.4 is 4.73 Å². The van der Waals surface area contributed by atoms with Gasteiger partial charge in [0.1, 0.15) is 5.52 Å². The molecule has 6 nitrogen and oxygen atoms in total. The monoisotopic (exact) mass is 239 g/mol. The molecule has 1 aromatic heterocycles. The summed E-state index contributed by atoms with van der Waals surface area (Å²) in [5, 5.41) is 22.5. The Morgan fingerprint density at radius 2 is 2.19 bits per heavy atom. The van der Waals surface area contributed by atoms with Gasteiger partial charge in [0.2, 0.25) is 0 Å². The maximum absolute atomic E-state index is 11.6. The molecule has 0 atom stereocenters. The lowest BCUT2D eigenvalue weighted by atomic mass is 10.2. The van der Waals surface area contributed by atoms with Gasteiger partial charge in [-0.3, -0.25) is 10.1 Å². The van der Waals surface area contributed by atoms with Gasteiger partial charge in [0.25, 0.3) is 10.8 Å². The van der Waals surface area contributed by atoms with Crippen LogP contribution in [0.2, 0.25) is 5.15 Å². The number of nitro groups is 1. The van der Waals surface area contributed by atoms with Crippen molar-refractivity contribution in [1.29, 1.82) is 0 Å². The van der Waals surface area contributed by atoms with E-state index in [0.717, 1.165) is 0 Å². The smallest absolute Gasteiger partial charge is 0.300 e. The molecule has 0 radical (unpaired) electrons. The number of nitrogens with zero attached hydrogens (tertiary/aromatic N) is 3. The normalized spacial score (nSPS) is 10.6. The lowest BCUT2D eigenvalue weighted by Crippen LogP contribution is -2.32. The SMILES string of the molecule is Cc1nc(Cl)c2cc([N+](=O)[O-])ccc2[n+]1[O-]. The molecular formula is C9H6ClN3O3. The van der Waals surface area contributed by atoms with Crippen molar-refractivity contribution < 1.29 is 9.65 Å². The van der Waals surface area contributed by atoms with Crippen molar-refractivity contribution >= 4 is 28.2 Å². The predicted octanol–water partition coefficient (Wildman–Crippen LogP) is 1.74. The first-order chi connectivity index (χ1) is 7.50. The van der Waals surface area contributed by atoms with Crippen molar-refractivity contribution in [3.05, 3.63) is 44.5 Å². The minimum atomic E-state index is -0.551. The Morgan fingerprint density at radius 3 is 2.81 bits per heavy atom. The first kappa shape index (κ1) is 10.6. The molecule has 2 rings (SSSR count). The number of nitro benzene ring substituents is 1. The largest absolute Gasteiger partial charge is 0.710 e. The number of fused-ring (bicyclic) bond motifs is 1. The van der Waals surface area contributed by atoms with Gasteiger partial charge < -0.3 is 5.21 Å². The molecular weight excluding hydrogens is 234 g/mol. The highest BCUT2D eigenvalue weighted by molar-refractivity contribution is 6.33. The summed E-state index contributed by atoms with van der Waals surface area (Å²) in [5.41, 5.74) is 0.142. The summed E-state index contributed by atoms with van der Waals surface area (Å²) in [4.78, 5) is 13.8. The molecule has 0 saturated heterocycles. The molecule has 0 bridgehead atoms. The second kappa shape index (κ2) is 3.57. The van der Waals surface area contributed by atoms with E-state index in [1.54, 1.807) is 0 Å². The average molecular weight is 240 g/mol. The molecule has 0 aliphatic heterocycles. The van der Waals surface area contributed by atoms with E-state index < -0.39 is 4.92 Å². The van der Waals surface area contributed by atoms with Gasteiger partial charge in [0, 0.05) is 19.1 Å². The van der Waals surface area contributed by atoms with Crippen LogP contribution in [-0.4, -0.2) is 9.91 Å². The van der Waals surface area contributed by atoms with Crippen LogP contribution in [0.25, 0.3) is 10.9 Å². The van der Waals surface area contributed by atoms with E-state index in [-0.39, 0.29) is 27.6 Å². The molecule has 0 unspecified atom stereocenters. The third-order valence-corrected chi connectivity index (χ3v) is 2.47. The minimum absolute atomic E-state index is 0.0864. The number of rotatable bonds is 1. The van der Waals surface area contributed by atoms with Gasteiger partial charge in [-0.15, -0.1) is 0 Å². The number of benzene rings is 1. The first-order valence-corrected chi connectivity index (χ1v) is 4.72. The molecule has 16 heavy (non-hydrogen) atoms. The van der Waals surface area contributed by atoms with E-state index in [1.807, 2.05) is 0 Å². The Kier molecular flexibility index (Phi) is 2.35. The van der Waals surface area contributed by atoms with E-state index in [4.69, 9.17) is 11.6 Å². The number of non-ortho nitro benzene ring substituents is 1. The van der Waals surface area contributed by atoms with Gasteiger partial charge in [-0.1, -0.05) is 0 Å². The summed E-state index contributed by atoms with van der Waals surface area (Å²) in [5.74, 6) is 0.200. The number of hydrogen-bond donors (Lipinski definition) is 0. The second-order valence-electron chi connectivity index (χ2n) is 3.20. The molecule has 1 heterocycles. The maximum Gasteiger partial charge on any atom is 0.300 e. The molecule has 7 heteroatoms. The van der Waals surface area contributed by atoms with Crippen LogP contribution in [0.15, 0.2) is 18.2 Å². The predicted molar refractivity (Wildman–Crippen MR) is 57.1 cm³/mol. The van der Waals surface area contributed by atoms with Gasteiger partial charge in [-0.2, -0.15) is 0 Å². The summed E-state index contributed by atoms with van der Waals surface area (Å²) in [6.45, 7) is 1.51. The summed E-state index contributed by atoms with van der Waals surface area (Å²) >= 11 is 5.83. The number of aryl methyl sites for hydroxylation is 1. The molecule has 0 aliphatic rings. The lowest BCUT2D eigenvalue weighted by molar-refractivity contribution is -0.587. The van der Waals surface area contributed by atoms with Crippen molar-refractivity contribution in [3.8, 4) is 0 Å². The molecule has 82 valence electrons. The Labute approximate surface area is 94.8 Å². The standard InChI is InChI=1S/C9H6ClN3O3/c1-5-11-9(10)7-4-6(13(15)16)2-3-8(7)12(5)14/h2-4H,1H3. The number of aromatic nitrogens is 2. The first-order valence-electron chi connectivity index (χ1n) is 4.34. The molecule has 0 amide bonds. The summed E-state index contributed by atoms with van der Waals surface area (Å²) in [6, 6.07) is 3.85. The summed E-state index contributed by atoms with van der Waals surface area (Å²) < 4.78 is 0.588. The Morgan fingerprint density at radius 1 is 1.50 bits per heavy atom. The third kappa shape index (κ3) is 1.53. The topological polar surface area (TPSA) is 83.0 Å². The van der Waals surface area contributed by atoms with Crippen molar-refractivity contribution in [2.75, 3.05) is 0 Å². The van der Waals surface area contributed by atoms with Crippen LogP contribution >= 0.6 is 11.6 Å². The summed E-state index contributed by atoms with van der Waals surface area (Å²) in [7, 11) is 0. The van der Waals surface area contributed by atoms with E-state index in [9.17, 15) is 15.3 Å². The van der Waals surface area contributed by atoms with Gasteiger partial charge in [0.05, 0.1) is 10.3 Å². The molecule has 0 fully saturated rings. The molecule has 2 aromatic rings. The van der Waals surface area contributed by atoms with Crippen LogP contribution in [-0.2, 0) is 0 Å². The third-order valence-electron chi connectivity index (χ3n) is 2.19. The molecule has 0 spiro atoms. The van der Waals surface area contributed by atoms with Gasteiger partial charge in [-0.05, 0) is 22.7 Å².